The molecule has 0 N–H and O–H groups in total. The lowest BCUT2D eigenvalue weighted by atomic mass is 9.81. The number of rotatable bonds is 3. The smallest absolute Gasteiger partial charge is 0.241 e. The molecule has 1 aromatic carbocycles. The molecule has 4 atom stereocenters. The summed E-state index contributed by atoms with van der Waals surface area (Å²) in [5, 5.41) is 5.68. The molecule has 4 unspecified atom stereocenters. The number of ether oxygens (including phenoxy) is 1. The number of fused-ring (bicyclic) bond motifs is 5. The van der Waals surface area contributed by atoms with E-state index in [0.717, 1.165) is 23.3 Å². The molecular formula is C18H14Cl3N3O3. The van der Waals surface area contributed by atoms with Crippen LogP contribution in [0.15, 0.2) is 24.4 Å². The number of halogens is 3. The standard InChI is InChI=1S/C18H14Cl3N3O3/c19-9-2-1-8(10(20)5-9)6-23-7-11(21)16(22-23)24-17(25)14-12-3-4-13(27-12)15(14)18(24)26/h1-2,5,7,12-15H,3-4,6H2. The number of hydrogen-bond donors (Lipinski definition) is 0. The van der Waals surface area contributed by atoms with Gasteiger partial charge in [-0.2, -0.15) is 5.10 Å². The predicted octanol–water partition coefficient (Wildman–Crippen LogP) is 3.56. The first-order chi connectivity index (χ1) is 12.9. The van der Waals surface area contributed by atoms with Gasteiger partial charge >= 0.3 is 0 Å². The second-order valence-electron chi connectivity index (χ2n) is 7.09. The van der Waals surface area contributed by atoms with Crippen molar-refractivity contribution in [3.63, 3.8) is 0 Å². The summed E-state index contributed by atoms with van der Waals surface area (Å²) in [4.78, 5) is 26.9. The van der Waals surface area contributed by atoms with E-state index in [0.29, 0.717) is 16.6 Å². The van der Waals surface area contributed by atoms with Crippen molar-refractivity contribution in [2.75, 3.05) is 4.90 Å². The molecule has 0 spiro atoms. The van der Waals surface area contributed by atoms with Gasteiger partial charge in [-0.25, -0.2) is 4.90 Å². The fraction of sp³-hybridized carbons (Fsp3) is 0.389. The van der Waals surface area contributed by atoms with E-state index in [1.807, 2.05) is 0 Å². The monoisotopic (exact) mass is 425 g/mol. The summed E-state index contributed by atoms with van der Waals surface area (Å²) in [6, 6.07) is 5.18. The van der Waals surface area contributed by atoms with Crippen molar-refractivity contribution in [3.8, 4) is 0 Å². The van der Waals surface area contributed by atoms with Crippen LogP contribution in [-0.4, -0.2) is 33.8 Å². The molecule has 3 aliphatic heterocycles. The van der Waals surface area contributed by atoms with E-state index in [1.54, 1.807) is 29.1 Å². The molecule has 3 saturated heterocycles. The Hall–Kier alpha value is -1.60. The zero-order chi connectivity index (χ0) is 18.9. The number of amides is 2. The molecule has 4 heterocycles. The Kier molecular flexibility index (Phi) is 4.02. The van der Waals surface area contributed by atoms with Gasteiger partial charge in [0.2, 0.25) is 11.8 Å². The number of carbonyl (C=O) groups is 2. The van der Waals surface area contributed by atoms with E-state index in [2.05, 4.69) is 5.10 Å². The van der Waals surface area contributed by atoms with Gasteiger partial charge in [0, 0.05) is 16.2 Å². The molecule has 140 valence electrons. The van der Waals surface area contributed by atoms with Crippen LogP contribution in [0.25, 0.3) is 0 Å². The van der Waals surface area contributed by atoms with Gasteiger partial charge in [0.05, 0.1) is 30.6 Å². The number of nitrogens with zero attached hydrogens (tertiary/aromatic N) is 3. The fourth-order valence-corrected chi connectivity index (χ4v) is 5.07. The van der Waals surface area contributed by atoms with Crippen LogP contribution < -0.4 is 4.90 Å². The molecule has 0 radical (unpaired) electrons. The first-order valence-corrected chi connectivity index (χ1v) is 9.77. The number of imide groups is 1. The first kappa shape index (κ1) is 17.5. The number of benzene rings is 1. The Morgan fingerprint density at radius 2 is 1.70 bits per heavy atom. The highest BCUT2D eigenvalue weighted by Crippen LogP contribution is 2.49. The van der Waals surface area contributed by atoms with Crippen molar-refractivity contribution >= 4 is 52.4 Å². The van der Waals surface area contributed by atoms with Crippen LogP contribution in [0.2, 0.25) is 15.1 Å². The predicted molar refractivity (Wildman–Crippen MR) is 100 cm³/mol. The maximum atomic E-state index is 12.9. The molecule has 27 heavy (non-hydrogen) atoms. The van der Waals surface area contributed by atoms with Crippen LogP contribution in [0.4, 0.5) is 5.82 Å². The van der Waals surface area contributed by atoms with Crippen molar-refractivity contribution in [1.29, 1.82) is 0 Å². The van der Waals surface area contributed by atoms with Gasteiger partial charge in [0.1, 0.15) is 5.02 Å². The number of anilines is 1. The van der Waals surface area contributed by atoms with E-state index in [1.165, 1.54) is 0 Å². The minimum absolute atomic E-state index is 0.171. The zero-order valence-electron chi connectivity index (χ0n) is 13.9. The Morgan fingerprint density at radius 1 is 1.04 bits per heavy atom. The molecule has 5 rings (SSSR count). The summed E-state index contributed by atoms with van der Waals surface area (Å²) < 4.78 is 7.31. The molecule has 2 aromatic rings. The van der Waals surface area contributed by atoms with Gasteiger partial charge in [0.25, 0.3) is 0 Å². The molecule has 0 aliphatic carbocycles. The van der Waals surface area contributed by atoms with Crippen LogP contribution in [0, 0.1) is 11.8 Å². The minimum atomic E-state index is -0.414. The molecule has 6 nitrogen and oxygen atoms in total. The highest BCUT2D eigenvalue weighted by Gasteiger charge is 2.63. The number of aromatic nitrogens is 2. The zero-order valence-corrected chi connectivity index (χ0v) is 16.2. The molecule has 0 saturated carbocycles. The van der Waals surface area contributed by atoms with Crippen LogP contribution in [0.3, 0.4) is 0 Å². The second kappa shape index (κ2) is 6.21. The van der Waals surface area contributed by atoms with Crippen molar-refractivity contribution < 1.29 is 14.3 Å². The normalized spacial score (nSPS) is 29.1. The van der Waals surface area contributed by atoms with Gasteiger partial charge in [-0.1, -0.05) is 40.9 Å². The third-order valence-corrected chi connectivity index (χ3v) is 6.40. The Morgan fingerprint density at radius 3 is 2.33 bits per heavy atom. The molecular weight excluding hydrogens is 413 g/mol. The lowest BCUT2D eigenvalue weighted by Crippen LogP contribution is -2.34. The van der Waals surface area contributed by atoms with E-state index >= 15 is 0 Å². The minimum Gasteiger partial charge on any atom is -0.373 e. The van der Waals surface area contributed by atoms with Gasteiger partial charge < -0.3 is 4.74 Å². The highest BCUT2D eigenvalue weighted by atomic mass is 35.5. The third-order valence-electron chi connectivity index (χ3n) is 5.54. The van der Waals surface area contributed by atoms with Crippen LogP contribution >= 0.6 is 34.8 Å². The lowest BCUT2D eigenvalue weighted by Gasteiger charge is -2.15. The summed E-state index contributed by atoms with van der Waals surface area (Å²) in [5.74, 6) is -1.19. The van der Waals surface area contributed by atoms with Crippen molar-refractivity contribution in [1.82, 2.24) is 9.78 Å². The summed E-state index contributed by atoms with van der Waals surface area (Å²) in [5.41, 5.74) is 0.800. The third kappa shape index (κ3) is 2.62. The number of hydrogen-bond acceptors (Lipinski definition) is 4. The van der Waals surface area contributed by atoms with Gasteiger partial charge in [-0.15, -0.1) is 0 Å². The molecule has 3 aliphatic rings. The molecule has 2 bridgehead atoms. The Bertz CT molecular complexity index is 948. The molecule has 1 aromatic heterocycles. The number of carbonyl (C=O) groups excluding carboxylic acids is 2. The summed E-state index contributed by atoms with van der Waals surface area (Å²) in [6.07, 6.45) is 2.87. The fourth-order valence-electron chi connectivity index (χ4n) is 4.36. The quantitative estimate of drug-likeness (QED) is 0.704. The van der Waals surface area contributed by atoms with Crippen LogP contribution in [-0.2, 0) is 20.9 Å². The summed E-state index contributed by atoms with van der Waals surface area (Å²) >= 11 is 18.5. The Balaban J connectivity index is 1.45. The second-order valence-corrected chi connectivity index (χ2v) is 8.34. The SMILES string of the molecule is O=C1C2C3CCC(O3)C2C(=O)N1c1nn(Cc2ccc(Cl)cc2Cl)cc1Cl. The molecule has 2 amide bonds. The topological polar surface area (TPSA) is 64.4 Å². The van der Waals surface area contributed by atoms with Crippen molar-refractivity contribution in [3.05, 3.63) is 45.0 Å². The lowest BCUT2D eigenvalue weighted by molar-refractivity contribution is -0.124. The Labute approximate surface area is 169 Å². The largest absolute Gasteiger partial charge is 0.373 e. The van der Waals surface area contributed by atoms with E-state index in [-0.39, 0.29) is 34.9 Å². The van der Waals surface area contributed by atoms with Gasteiger partial charge in [0.15, 0.2) is 5.82 Å². The van der Waals surface area contributed by atoms with Crippen LogP contribution in [0.1, 0.15) is 18.4 Å². The molecule has 3 fully saturated rings. The van der Waals surface area contributed by atoms with Crippen molar-refractivity contribution in [2.45, 2.75) is 31.6 Å². The first-order valence-electron chi connectivity index (χ1n) is 8.64. The van der Waals surface area contributed by atoms with E-state index < -0.39 is 11.8 Å². The maximum absolute atomic E-state index is 12.9. The van der Waals surface area contributed by atoms with Gasteiger partial charge in [-0.3, -0.25) is 14.3 Å². The molecule has 9 heteroatoms. The average Bonchev–Trinajstić information content (AvgIpc) is 3.36. The van der Waals surface area contributed by atoms with E-state index in [4.69, 9.17) is 39.5 Å². The van der Waals surface area contributed by atoms with Gasteiger partial charge in [-0.05, 0) is 30.5 Å². The van der Waals surface area contributed by atoms with Crippen LogP contribution in [0.5, 0.6) is 0 Å². The highest BCUT2D eigenvalue weighted by molar-refractivity contribution is 6.36. The van der Waals surface area contributed by atoms with E-state index in [9.17, 15) is 9.59 Å². The summed E-state index contributed by atoms with van der Waals surface area (Å²) in [7, 11) is 0. The average molecular weight is 427 g/mol. The maximum Gasteiger partial charge on any atom is 0.241 e. The summed E-state index contributed by atoms with van der Waals surface area (Å²) in [6.45, 7) is 0.340. The van der Waals surface area contributed by atoms with Crippen molar-refractivity contribution in [2.24, 2.45) is 11.8 Å².